The summed E-state index contributed by atoms with van der Waals surface area (Å²) in [5, 5.41) is 19.3. The number of hydrogen-bond acceptors (Lipinski definition) is 5. The Morgan fingerprint density at radius 2 is 1.91 bits per heavy atom. The number of nitriles is 1. The molecule has 2 aromatic carbocycles. The van der Waals surface area contributed by atoms with E-state index in [0.29, 0.717) is 17.9 Å². The van der Waals surface area contributed by atoms with E-state index < -0.39 is 11.9 Å². The fraction of sp³-hybridized carbons (Fsp3) is 0.185. The van der Waals surface area contributed by atoms with E-state index in [4.69, 9.17) is 5.26 Å². The first-order chi connectivity index (χ1) is 16.9. The molecule has 0 spiro atoms. The molecule has 8 heteroatoms. The predicted octanol–water partition coefficient (Wildman–Crippen LogP) is 4.57. The first kappa shape index (κ1) is 23.8. The molecule has 0 fully saturated rings. The van der Waals surface area contributed by atoms with Gasteiger partial charge in [-0.2, -0.15) is 10.4 Å². The van der Waals surface area contributed by atoms with E-state index in [9.17, 15) is 9.18 Å². The zero-order chi connectivity index (χ0) is 24.8. The minimum Gasteiger partial charge on any atom is -0.309 e. The highest BCUT2D eigenvalue weighted by atomic mass is 19.1. The lowest BCUT2D eigenvalue weighted by Gasteiger charge is -2.21. The Kier molecular flexibility index (Phi) is 7.29. The Hall–Kier alpha value is -4.35. The van der Waals surface area contributed by atoms with Crippen LogP contribution in [0.3, 0.4) is 0 Å². The summed E-state index contributed by atoms with van der Waals surface area (Å²) < 4.78 is 16.2. The number of nitrogens with zero attached hydrogens (tertiary/aromatic N) is 4. The molecule has 4 aromatic rings. The zero-order valence-corrected chi connectivity index (χ0v) is 19.4. The van der Waals surface area contributed by atoms with Crippen molar-refractivity contribution in [3.63, 3.8) is 0 Å². The van der Waals surface area contributed by atoms with Gasteiger partial charge in [0.25, 0.3) is 0 Å². The summed E-state index contributed by atoms with van der Waals surface area (Å²) in [7, 11) is 1.85. The van der Waals surface area contributed by atoms with Gasteiger partial charge in [-0.05, 0) is 41.3 Å². The van der Waals surface area contributed by atoms with Gasteiger partial charge in [0, 0.05) is 37.1 Å². The molecule has 0 unspecified atom stereocenters. The van der Waals surface area contributed by atoms with E-state index in [-0.39, 0.29) is 17.4 Å². The first-order valence-corrected chi connectivity index (χ1v) is 11.2. The van der Waals surface area contributed by atoms with E-state index in [1.54, 1.807) is 35.3 Å². The third-order valence-electron chi connectivity index (χ3n) is 5.74. The third kappa shape index (κ3) is 5.78. The molecular weight excluding hydrogens is 443 g/mol. The number of nitrogens with one attached hydrogen (secondary N) is 2. The number of pyridine rings is 1. The van der Waals surface area contributed by atoms with Gasteiger partial charge in [-0.15, -0.1) is 0 Å². The number of carbonyl (C=O) groups is 1. The fourth-order valence-corrected chi connectivity index (χ4v) is 3.82. The molecule has 0 radical (unpaired) electrons. The van der Waals surface area contributed by atoms with Crippen LogP contribution in [0.4, 0.5) is 10.2 Å². The molecule has 0 saturated carbocycles. The van der Waals surface area contributed by atoms with E-state index in [0.717, 1.165) is 16.7 Å². The second-order valence-electron chi connectivity index (χ2n) is 8.33. The van der Waals surface area contributed by atoms with E-state index in [2.05, 4.69) is 20.7 Å². The van der Waals surface area contributed by atoms with Gasteiger partial charge in [-0.1, -0.05) is 43.3 Å². The molecule has 35 heavy (non-hydrogen) atoms. The average Bonchev–Trinajstić information content (AvgIpc) is 3.31. The van der Waals surface area contributed by atoms with Crippen LogP contribution in [-0.2, 0) is 11.8 Å². The summed E-state index contributed by atoms with van der Waals surface area (Å²) in [5.74, 6) is -0.502. The van der Waals surface area contributed by atoms with Gasteiger partial charge < -0.3 is 10.6 Å². The Labute approximate surface area is 203 Å². The molecule has 2 heterocycles. The average molecular weight is 469 g/mol. The Bertz CT molecular complexity index is 1340. The number of aryl methyl sites for hydroxylation is 1. The van der Waals surface area contributed by atoms with Crippen LogP contribution >= 0.6 is 0 Å². The van der Waals surface area contributed by atoms with Crippen molar-refractivity contribution >= 4 is 11.7 Å². The highest BCUT2D eigenvalue weighted by Gasteiger charge is 2.22. The Morgan fingerprint density at radius 1 is 1.11 bits per heavy atom. The van der Waals surface area contributed by atoms with Crippen LogP contribution in [0.1, 0.15) is 35.6 Å². The van der Waals surface area contributed by atoms with Gasteiger partial charge in [-0.25, -0.2) is 9.37 Å². The second kappa shape index (κ2) is 10.7. The molecule has 1 amide bonds. The molecule has 176 valence electrons. The molecule has 2 atom stereocenters. The molecular formula is C27H25FN6O. The molecule has 0 saturated heterocycles. The van der Waals surface area contributed by atoms with Gasteiger partial charge in [0.2, 0.25) is 5.91 Å². The van der Waals surface area contributed by atoms with Crippen molar-refractivity contribution in [2.75, 3.05) is 11.9 Å². The zero-order valence-electron chi connectivity index (χ0n) is 19.4. The number of carbonyl (C=O) groups excluding carboxylic acids is 1. The lowest BCUT2D eigenvalue weighted by atomic mass is 9.98. The standard InChI is InChI=1S/C27H25FN6O/c1-18(23-10-8-19(13-29)12-24(23)28)14-31-26(20-6-4-3-5-7-20)27(35)33-25-11-9-21(15-30-25)22-16-32-34(2)17-22/h3-12,15-18,26,31H,14H2,1-2H3,(H,30,33,35)/t18-,26+/m0/s1. The largest absolute Gasteiger partial charge is 0.309 e. The molecule has 7 nitrogen and oxygen atoms in total. The molecule has 4 rings (SSSR count). The van der Waals surface area contributed by atoms with Crippen molar-refractivity contribution in [2.24, 2.45) is 7.05 Å². The Morgan fingerprint density at radius 3 is 2.54 bits per heavy atom. The number of hydrogen-bond donors (Lipinski definition) is 2. The minimum atomic E-state index is -0.667. The van der Waals surface area contributed by atoms with Crippen molar-refractivity contribution in [1.29, 1.82) is 5.26 Å². The van der Waals surface area contributed by atoms with E-state index >= 15 is 0 Å². The number of aromatic nitrogens is 3. The summed E-state index contributed by atoms with van der Waals surface area (Å²) in [4.78, 5) is 17.6. The summed E-state index contributed by atoms with van der Waals surface area (Å²) in [5.41, 5.74) is 3.37. The van der Waals surface area contributed by atoms with Crippen LogP contribution in [0.15, 0.2) is 79.3 Å². The lowest BCUT2D eigenvalue weighted by Crippen LogP contribution is -2.35. The maximum absolute atomic E-state index is 14.5. The quantitative estimate of drug-likeness (QED) is 0.395. The topological polar surface area (TPSA) is 95.6 Å². The summed E-state index contributed by atoms with van der Waals surface area (Å²) in [6.45, 7) is 2.22. The van der Waals surface area contributed by atoms with E-state index in [1.165, 1.54) is 6.07 Å². The van der Waals surface area contributed by atoms with Crippen LogP contribution < -0.4 is 10.6 Å². The molecule has 0 bridgehead atoms. The van der Waals surface area contributed by atoms with Crippen LogP contribution in [-0.4, -0.2) is 27.2 Å². The number of halogens is 1. The van der Waals surface area contributed by atoms with Crippen molar-refractivity contribution in [2.45, 2.75) is 18.9 Å². The van der Waals surface area contributed by atoms with Gasteiger partial charge in [0.05, 0.1) is 17.8 Å². The number of amides is 1. The summed E-state index contributed by atoms with van der Waals surface area (Å²) in [6.07, 6.45) is 5.33. The van der Waals surface area contributed by atoms with Crippen molar-refractivity contribution in [1.82, 2.24) is 20.1 Å². The normalized spacial score (nSPS) is 12.5. The van der Waals surface area contributed by atoms with Crippen molar-refractivity contribution < 1.29 is 9.18 Å². The van der Waals surface area contributed by atoms with Crippen molar-refractivity contribution in [3.8, 4) is 17.2 Å². The van der Waals surface area contributed by atoms with Crippen LogP contribution in [0.25, 0.3) is 11.1 Å². The SMILES string of the molecule is C[C@@H](CN[C@@H](C(=O)Nc1ccc(-c2cnn(C)c2)cn1)c1ccccc1)c1ccc(C#N)cc1F. The van der Waals surface area contributed by atoms with E-state index in [1.807, 2.05) is 62.6 Å². The minimum absolute atomic E-state index is 0.223. The summed E-state index contributed by atoms with van der Waals surface area (Å²) in [6, 6.07) is 18.7. The first-order valence-electron chi connectivity index (χ1n) is 11.2. The smallest absolute Gasteiger partial charge is 0.247 e. The highest BCUT2D eigenvalue weighted by molar-refractivity contribution is 5.95. The van der Waals surface area contributed by atoms with Crippen LogP contribution in [0.2, 0.25) is 0 Å². The van der Waals surface area contributed by atoms with Gasteiger partial charge >= 0.3 is 0 Å². The summed E-state index contributed by atoms with van der Waals surface area (Å²) >= 11 is 0. The maximum atomic E-state index is 14.5. The maximum Gasteiger partial charge on any atom is 0.247 e. The molecule has 2 N–H and O–H groups in total. The molecule has 2 aromatic heterocycles. The van der Waals surface area contributed by atoms with Gasteiger partial charge in [0.15, 0.2) is 0 Å². The Balaban J connectivity index is 1.48. The van der Waals surface area contributed by atoms with Gasteiger partial charge in [0.1, 0.15) is 17.7 Å². The molecule has 0 aliphatic rings. The fourth-order valence-electron chi connectivity index (χ4n) is 3.82. The van der Waals surface area contributed by atoms with Crippen molar-refractivity contribution in [3.05, 3.63) is 102 Å². The number of anilines is 1. The highest BCUT2D eigenvalue weighted by Crippen LogP contribution is 2.23. The monoisotopic (exact) mass is 468 g/mol. The molecule has 0 aliphatic carbocycles. The third-order valence-corrected chi connectivity index (χ3v) is 5.74. The lowest BCUT2D eigenvalue weighted by molar-refractivity contribution is -0.118. The van der Waals surface area contributed by atoms with Crippen LogP contribution in [0, 0.1) is 17.1 Å². The van der Waals surface area contributed by atoms with Crippen LogP contribution in [0.5, 0.6) is 0 Å². The predicted molar refractivity (Wildman–Crippen MR) is 132 cm³/mol. The number of benzene rings is 2. The number of rotatable bonds is 8. The van der Waals surface area contributed by atoms with Gasteiger partial charge in [-0.3, -0.25) is 9.48 Å². The molecule has 0 aliphatic heterocycles. The second-order valence-corrected chi connectivity index (χ2v) is 8.33.